The molecule has 0 N–H and O–H groups in total. The molecule has 8 heteroatoms. The van der Waals surface area contributed by atoms with E-state index in [9.17, 15) is 9.59 Å². The van der Waals surface area contributed by atoms with Crippen LogP contribution in [0.2, 0.25) is 0 Å². The smallest absolute Gasteiger partial charge is 0.261 e. The summed E-state index contributed by atoms with van der Waals surface area (Å²) in [5.41, 5.74) is 4.25. The second kappa shape index (κ2) is 7.94. The molecule has 1 aliphatic rings. The molecule has 0 radical (unpaired) electrons. The van der Waals surface area contributed by atoms with E-state index in [0.717, 1.165) is 30.7 Å². The lowest BCUT2D eigenvalue weighted by molar-refractivity contribution is 0.0664. The number of nitrogens with zero attached hydrogens (tertiary/aromatic N) is 5. The Bertz CT molecular complexity index is 1070. The molecular formula is C21H23N5O2S. The summed E-state index contributed by atoms with van der Waals surface area (Å²) < 4.78 is 1.79. The number of aryl methyl sites for hydroxylation is 2. The first-order valence-electron chi connectivity index (χ1n) is 9.82. The number of thioether (sulfide) groups is 1. The van der Waals surface area contributed by atoms with Gasteiger partial charge in [-0.25, -0.2) is 9.50 Å². The molecule has 29 heavy (non-hydrogen) atoms. The maximum absolute atomic E-state index is 12.4. The minimum atomic E-state index is -0.233. The van der Waals surface area contributed by atoms with Crippen LogP contribution in [0.5, 0.6) is 0 Å². The molecule has 7 nitrogen and oxygen atoms in total. The highest BCUT2D eigenvalue weighted by molar-refractivity contribution is 7.99. The Balaban J connectivity index is 1.46. The average molecular weight is 410 g/mol. The van der Waals surface area contributed by atoms with E-state index in [0.29, 0.717) is 34.4 Å². The molecule has 0 fully saturated rings. The van der Waals surface area contributed by atoms with E-state index in [1.165, 1.54) is 22.2 Å². The largest absolute Gasteiger partial charge is 0.273 e. The Morgan fingerprint density at radius 2 is 1.72 bits per heavy atom. The van der Waals surface area contributed by atoms with E-state index in [1.807, 2.05) is 6.92 Å². The number of unbranched alkanes of at least 4 members (excludes halogenated alkanes) is 1. The molecule has 3 heterocycles. The van der Waals surface area contributed by atoms with Crippen LogP contribution in [0.15, 0.2) is 29.4 Å². The van der Waals surface area contributed by atoms with Gasteiger partial charge in [-0.2, -0.15) is 4.98 Å². The van der Waals surface area contributed by atoms with Crippen LogP contribution in [-0.4, -0.2) is 48.6 Å². The van der Waals surface area contributed by atoms with Crippen LogP contribution in [-0.2, 0) is 6.42 Å². The predicted molar refractivity (Wildman–Crippen MR) is 111 cm³/mol. The minimum absolute atomic E-state index is 0.233. The van der Waals surface area contributed by atoms with Crippen LogP contribution >= 0.6 is 11.8 Å². The molecule has 1 aliphatic heterocycles. The van der Waals surface area contributed by atoms with E-state index in [4.69, 9.17) is 0 Å². The monoisotopic (exact) mass is 409 g/mol. The first kappa shape index (κ1) is 19.6. The summed E-state index contributed by atoms with van der Waals surface area (Å²) in [5.74, 6) is 0.650. The lowest BCUT2D eigenvalue weighted by Gasteiger charge is -2.12. The van der Waals surface area contributed by atoms with Crippen molar-refractivity contribution in [1.29, 1.82) is 0 Å². The maximum atomic E-state index is 12.4. The number of carbonyl (C=O) groups is 2. The number of rotatable bonds is 7. The van der Waals surface area contributed by atoms with Crippen molar-refractivity contribution in [3.63, 3.8) is 0 Å². The van der Waals surface area contributed by atoms with Gasteiger partial charge in [-0.05, 0) is 44.4 Å². The lowest BCUT2D eigenvalue weighted by Crippen LogP contribution is -2.31. The summed E-state index contributed by atoms with van der Waals surface area (Å²) in [6.07, 6.45) is 3.23. The molecule has 4 rings (SSSR count). The second-order valence-corrected chi connectivity index (χ2v) is 8.19. The fraction of sp³-hybridized carbons (Fsp3) is 0.381. The first-order valence-corrected chi connectivity index (χ1v) is 10.8. The zero-order valence-electron chi connectivity index (χ0n) is 16.8. The van der Waals surface area contributed by atoms with Crippen LogP contribution in [0.25, 0.3) is 5.78 Å². The highest BCUT2D eigenvalue weighted by atomic mass is 32.2. The number of amides is 2. The molecule has 3 aromatic rings. The predicted octanol–water partition coefficient (Wildman–Crippen LogP) is 3.47. The first-order chi connectivity index (χ1) is 14.0. The van der Waals surface area contributed by atoms with Gasteiger partial charge >= 0.3 is 0 Å². The third-order valence-corrected chi connectivity index (χ3v) is 6.05. The van der Waals surface area contributed by atoms with Gasteiger partial charge in [0, 0.05) is 23.7 Å². The van der Waals surface area contributed by atoms with Crippen molar-refractivity contribution >= 4 is 29.4 Å². The van der Waals surface area contributed by atoms with Crippen molar-refractivity contribution in [2.24, 2.45) is 0 Å². The van der Waals surface area contributed by atoms with Crippen LogP contribution in [0.1, 0.15) is 57.4 Å². The zero-order chi connectivity index (χ0) is 20.5. The van der Waals surface area contributed by atoms with Gasteiger partial charge in [-0.1, -0.05) is 37.2 Å². The number of imide groups is 1. The summed E-state index contributed by atoms with van der Waals surface area (Å²) in [6.45, 7) is 6.56. The van der Waals surface area contributed by atoms with Gasteiger partial charge < -0.3 is 0 Å². The summed E-state index contributed by atoms with van der Waals surface area (Å²) in [7, 11) is 0. The minimum Gasteiger partial charge on any atom is -0.273 e. The number of hydrogen-bond donors (Lipinski definition) is 0. The number of aromatic nitrogens is 4. The fourth-order valence-electron chi connectivity index (χ4n) is 3.64. The molecule has 0 saturated carbocycles. The zero-order valence-corrected chi connectivity index (χ0v) is 17.6. The molecule has 0 atom stereocenters. The van der Waals surface area contributed by atoms with Crippen molar-refractivity contribution < 1.29 is 9.59 Å². The molecule has 0 unspecified atom stereocenters. The number of carbonyl (C=O) groups excluding carboxylic acids is 2. The molecule has 2 aromatic heterocycles. The second-order valence-electron chi connectivity index (χ2n) is 7.13. The molecule has 0 aliphatic carbocycles. The molecule has 0 spiro atoms. The van der Waals surface area contributed by atoms with Crippen LogP contribution in [0, 0.1) is 13.8 Å². The molecule has 0 bridgehead atoms. The van der Waals surface area contributed by atoms with Gasteiger partial charge in [0.2, 0.25) is 5.16 Å². The molecule has 0 saturated heterocycles. The van der Waals surface area contributed by atoms with E-state index in [-0.39, 0.29) is 11.8 Å². The summed E-state index contributed by atoms with van der Waals surface area (Å²) in [6, 6.07) is 6.93. The Morgan fingerprint density at radius 3 is 2.38 bits per heavy atom. The van der Waals surface area contributed by atoms with Crippen molar-refractivity contribution in [2.75, 3.05) is 12.3 Å². The maximum Gasteiger partial charge on any atom is 0.261 e. The SMILES string of the molecule is CCCCc1c(C)nc2nc(SCCN3C(=O)c4ccccc4C3=O)nn2c1C. The summed E-state index contributed by atoms with van der Waals surface area (Å²) in [4.78, 5) is 35.3. The quantitative estimate of drug-likeness (QED) is 0.439. The third kappa shape index (κ3) is 3.53. The standard InChI is InChI=1S/C21H23N5O2S/c1-4-5-8-15-13(2)22-20-23-21(24-26(20)14(15)3)29-12-11-25-18(27)16-9-6-7-10-17(16)19(25)28/h6-7,9-10H,4-5,8,11-12H2,1-3H3. The highest BCUT2D eigenvalue weighted by Gasteiger charge is 2.34. The van der Waals surface area contributed by atoms with Crippen molar-refractivity contribution in [1.82, 2.24) is 24.5 Å². The van der Waals surface area contributed by atoms with Gasteiger partial charge in [0.25, 0.3) is 17.6 Å². The lowest BCUT2D eigenvalue weighted by atomic mass is 10.1. The van der Waals surface area contributed by atoms with Crippen molar-refractivity contribution in [3.05, 3.63) is 52.3 Å². The Labute approximate surface area is 173 Å². The Kier molecular flexibility index (Phi) is 5.36. The number of hydrogen-bond acceptors (Lipinski definition) is 6. The summed E-state index contributed by atoms with van der Waals surface area (Å²) in [5, 5.41) is 5.18. The van der Waals surface area contributed by atoms with E-state index < -0.39 is 0 Å². The average Bonchev–Trinajstić information content (AvgIpc) is 3.22. The topological polar surface area (TPSA) is 80.5 Å². The molecule has 150 valence electrons. The van der Waals surface area contributed by atoms with Gasteiger partial charge in [0.1, 0.15) is 0 Å². The summed E-state index contributed by atoms with van der Waals surface area (Å²) >= 11 is 1.42. The van der Waals surface area contributed by atoms with Crippen molar-refractivity contribution in [3.8, 4) is 0 Å². The van der Waals surface area contributed by atoms with Gasteiger partial charge in [-0.15, -0.1) is 5.10 Å². The van der Waals surface area contributed by atoms with Crippen LogP contribution in [0.4, 0.5) is 0 Å². The number of benzene rings is 1. The highest BCUT2D eigenvalue weighted by Crippen LogP contribution is 2.24. The van der Waals surface area contributed by atoms with E-state index in [1.54, 1.807) is 28.8 Å². The Hall–Kier alpha value is -2.74. The molecule has 2 amide bonds. The van der Waals surface area contributed by atoms with Crippen LogP contribution in [0.3, 0.4) is 0 Å². The van der Waals surface area contributed by atoms with Gasteiger partial charge in [-0.3, -0.25) is 14.5 Å². The van der Waals surface area contributed by atoms with E-state index >= 15 is 0 Å². The van der Waals surface area contributed by atoms with E-state index in [2.05, 4.69) is 28.9 Å². The number of fused-ring (bicyclic) bond motifs is 2. The fourth-order valence-corrected chi connectivity index (χ4v) is 4.38. The van der Waals surface area contributed by atoms with Crippen molar-refractivity contribution in [2.45, 2.75) is 45.2 Å². The molecular weight excluding hydrogens is 386 g/mol. The van der Waals surface area contributed by atoms with Gasteiger partial charge in [0.15, 0.2) is 0 Å². The normalized spacial score (nSPS) is 13.6. The van der Waals surface area contributed by atoms with Crippen LogP contribution < -0.4 is 0 Å². The molecule has 1 aromatic carbocycles. The van der Waals surface area contributed by atoms with Gasteiger partial charge in [0.05, 0.1) is 11.1 Å². The Morgan fingerprint density at radius 1 is 1.03 bits per heavy atom. The third-order valence-electron chi connectivity index (χ3n) is 5.23.